The second kappa shape index (κ2) is 11.3. The molecule has 0 amide bonds. The van der Waals surface area contributed by atoms with Gasteiger partial charge in [0.05, 0.1) is 11.0 Å². The number of benzene rings is 1. The Morgan fingerprint density at radius 2 is 1.80 bits per heavy atom. The number of unbranched alkanes of at least 4 members (excludes halogenated alkanes) is 6. The second-order valence-electron chi connectivity index (χ2n) is 6.05. The van der Waals surface area contributed by atoms with E-state index in [1.165, 1.54) is 50.3 Å². The van der Waals surface area contributed by atoms with Crippen molar-refractivity contribution in [2.45, 2.75) is 51.9 Å². The summed E-state index contributed by atoms with van der Waals surface area (Å²) in [5.41, 5.74) is 2.01. The number of halogens is 1. The van der Waals surface area contributed by atoms with Crippen LogP contribution in [0.5, 0.6) is 0 Å². The van der Waals surface area contributed by atoms with Gasteiger partial charge in [0, 0.05) is 17.3 Å². The van der Waals surface area contributed by atoms with Gasteiger partial charge in [0.1, 0.15) is 0 Å². The van der Waals surface area contributed by atoms with Crippen LogP contribution in [0, 0.1) is 4.91 Å². The van der Waals surface area contributed by atoms with Crippen molar-refractivity contribution in [1.29, 1.82) is 0 Å². The number of amidine groups is 1. The second-order valence-corrected chi connectivity index (χ2v) is 7.43. The summed E-state index contributed by atoms with van der Waals surface area (Å²) in [4.78, 5) is 10.5. The average molecular weight is 381 g/mol. The summed E-state index contributed by atoms with van der Waals surface area (Å²) in [6.45, 7) is 2.98. The molecule has 0 unspecified atom stereocenters. The van der Waals surface area contributed by atoms with E-state index in [1.807, 2.05) is 29.3 Å². The Bertz CT molecular complexity index is 604. The van der Waals surface area contributed by atoms with Gasteiger partial charge in [-0.25, -0.2) is 5.01 Å². The zero-order valence-corrected chi connectivity index (χ0v) is 16.2. The molecular weight excluding hydrogens is 356 g/mol. The Labute approximate surface area is 158 Å². The molecular formula is C18H25ClN4OS. The van der Waals surface area contributed by atoms with Gasteiger partial charge in [0.25, 0.3) is 0 Å². The number of thioether (sulfide) groups is 1. The number of nitroso groups, excluding NO2 is 1. The van der Waals surface area contributed by atoms with Gasteiger partial charge >= 0.3 is 0 Å². The van der Waals surface area contributed by atoms with Crippen LogP contribution in [-0.4, -0.2) is 28.2 Å². The van der Waals surface area contributed by atoms with Gasteiger partial charge in [0.15, 0.2) is 0 Å². The zero-order valence-electron chi connectivity index (χ0n) is 14.7. The maximum atomic E-state index is 10.5. The van der Waals surface area contributed by atoms with Crippen molar-refractivity contribution in [3.63, 3.8) is 0 Å². The third kappa shape index (κ3) is 6.78. The first-order chi connectivity index (χ1) is 12.2. The predicted octanol–water partition coefficient (Wildman–Crippen LogP) is 5.88. The number of hydrazone groups is 1. The van der Waals surface area contributed by atoms with Crippen molar-refractivity contribution in [2.24, 2.45) is 15.5 Å². The molecule has 0 aromatic heterocycles. The largest absolute Gasteiger partial charge is 0.241 e. The lowest BCUT2D eigenvalue weighted by Crippen LogP contribution is -2.31. The van der Waals surface area contributed by atoms with Crippen LogP contribution in [0.4, 0.5) is 0 Å². The molecule has 0 bridgehead atoms. The fourth-order valence-electron chi connectivity index (χ4n) is 2.69. The highest BCUT2D eigenvalue weighted by Crippen LogP contribution is 2.22. The van der Waals surface area contributed by atoms with E-state index in [0.29, 0.717) is 15.9 Å². The van der Waals surface area contributed by atoms with E-state index in [9.17, 15) is 4.91 Å². The van der Waals surface area contributed by atoms with E-state index >= 15 is 0 Å². The highest BCUT2D eigenvalue weighted by molar-refractivity contribution is 8.14. The molecule has 2 rings (SSSR count). The molecule has 136 valence electrons. The van der Waals surface area contributed by atoms with Crippen LogP contribution in [0.25, 0.3) is 0 Å². The molecule has 0 aliphatic carbocycles. The number of hydrogen-bond donors (Lipinski definition) is 0. The molecule has 0 saturated carbocycles. The highest BCUT2D eigenvalue weighted by atomic mass is 35.5. The molecule has 0 fully saturated rings. The molecule has 0 atom stereocenters. The molecule has 25 heavy (non-hydrogen) atoms. The van der Waals surface area contributed by atoms with E-state index in [4.69, 9.17) is 11.6 Å². The van der Waals surface area contributed by atoms with Gasteiger partial charge in [-0.2, -0.15) is 5.10 Å². The van der Waals surface area contributed by atoms with Crippen LogP contribution in [0.3, 0.4) is 0 Å². The van der Waals surface area contributed by atoms with Gasteiger partial charge in [-0.3, -0.25) is 0 Å². The van der Waals surface area contributed by atoms with Crippen LogP contribution in [0.2, 0.25) is 5.02 Å². The van der Waals surface area contributed by atoms with Gasteiger partial charge in [-0.1, -0.05) is 86.0 Å². The lowest BCUT2D eigenvalue weighted by atomic mass is 10.1. The normalized spacial score (nSPS) is 16.2. The average Bonchev–Trinajstić information content (AvgIpc) is 2.63. The first-order valence-electron chi connectivity index (χ1n) is 8.88. The summed E-state index contributed by atoms with van der Waals surface area (Å²) in [6.07, 6.45) is 8.63. The smallest absolute Gasteiger partial charge is 0.209 e. The molecule has 5 nitrogen and oxygen atoms in total. The summed E-state index contributed by atoms with van der Waals surface area (Å²) < 4.78 is 0. The van der Waals surface area contributed by atoms with E-state index in [0.717, 1.165) is 24.2 Å². The molecule has 1 heterocycles. The number of rotatable bonds is 10. The minimum Gasteiger partial charge on any atom is -0.241 e. The maximum Gasteiger partial charge on any atom is 0.209 e. The topological polar surface area (TPSA) is 57.4 Å². The Balaban J connectivity index is 1.93. The van der Waals surface area contributed by atoms with Gasteiger partial charge in [-0.05, 0) is 24.1 Å². The van der Waals surface area contributed by atoms with Crippen molar-refractivity contribution in [3.8, 4) is 0 Å². The lowest BCUT2D eigenvalue weighted by molar-refractivity contribution is 0.424. The van der Waals surface area contributed by atoms with Crippen LogP contribution in [-0.2, 0) is 0 Å². The standard InChI is InChI=1S/C18H25ClN4OS/c1-2-3-4-5-6-7-8-13-23-18(20-22-24)25-14-17(21-23)15-9-11-16(19)12-10-15/h9-12H,2-8,13-14H2,1H3/b20-18+. The van der Waals surface area contributed by atoms with Crippen LogP contribution >= 0.6 is 23.4 Å². The first kappa shape index (κ1) is 19.9. The highest BCUT2D eigenvalue weighted by Gasteiger charge is 2.20. The maximum absolute atomic E-state index is 10.5. The molecule has 0 spiro atoms. The third-order valence-electron chi connectivity index (χ3n) is 4.08. The predicted molar refractivity (Wildman–Crippen MR) is 108 cm³/mol. The molecule has 1 aliphatic rings. The number of hydrogen-bond acceptors (Lipinski definition) is 4. The van der Waals surface area contributed by atoms with Crippen LogP contribution in [0.1, 0.15) is 57.4 Å². The van der Waals surface area contributed by atoms with E-state index in [-0.39, 0.29) is 0 Å². The van der Waals surface area contributed by atoms with E-state index < -0.39 is 0 Å². The Kier molecular flexibility index (Phi) is 8.97. The van der Waals surface area contributed by atoms with Crippen LogP contribution < -0.4 is 0 Å². The minimum atomic E-state index is 0.582. The van der Waals surface area contributed by atoms with Crippen molar-refractivity contribution in [2.75, 3.05) is 12.3 Å². The van der Waals surface area contributed by atoms with Gasteiger partial charge < -0.3 is 0 Å². The molecule has 1 aromatic rings. The van der Waals surface area contributed by atoms with Crippen molar-refractivity contribution in [3.05, 3.63) is 39.8 Å². The molecule has 1 aromatic carbocycles. The quantitative estimate of drug-likeness (QED) is 0.289. The lowest BCUT2D eigenvalue weighted by Gasteiger charge is -2.25. The fourth-order valence-corrected chi connectivity index (χ4v) is 3.68. The Morgan fingerprint density at radius 1 is 1.12 bits per heavy atom. The number of nitrogens with zero attached hydrogens (tertiary/aromatic N) is 4. The van der Waals surface area contributed by atoms with E-state index in [1.54, 1.807) is 0 Å². The monoisotopic (exact) mass is 380 g/mol. The Morgan fingerprint density at radius 3 is 2.48 bits per heavy atom. The first-order valence-corrected chi connectivity index (χ1v) is 10.2. The Hall–Kier alpha value is -1.40. The minimum absolute atomic E-state index is 0.582. The molecule has 7 heteroatoms. The summed E-state index contributed by atoms with van der Waals surface area (Å²) in [5, 5.41) is 14.2. The van der Waals surface area contributed by atoms with Crippen LogP contribution in [0.15, 0.2) is 39.8 Å². The van der Waals surface area contributed by atoms with Gasteiger partial charge in [0.2, 0.25) is 5.17 Å². The summed E-state index contributed by atoms with van der Waals surface area (Å²) in [6, 6.07) is 7.66. The third-order valence-corrected chi connectivity index (χ3v) is 5.30. The van der Waals surface area contributed by atoms with Gasteiger partial charge in [-0.15, -0.1) is 4.91 Å². The van der Waals surface area contributed by atoms with Crippen molar-refractivity contribution in [1.82, 2.24) is 5.01 Å². The SMILES string of the molecule is CCCCCCCCCN1N=C(c2ccc(Cl)cc2)CS/C1=N/N=O. The summed E-state index contributed by atoms with van der Waals surface area (Å²) in [5.74, 6) is 0.670. The van der Waals surface area contributed by atoms with E-state index in [2.05, 4.69) is 22.4 Å². The summed E-state index contributed by atoms with van der Waals surface area (Å²) in [7, 11) is 0. The fraction of sp³-hybridized carbons (Fsp3) is 0.556. The molecule has 1 aliphatic heterocycles. The molecule has 0 saturated heterocycles. The van der Waals surface area contributed by atoms with Crippen molar-refractivity contribution >= 4 is 34.2 Å². The van der Waals surface area contributed by atoms with Crippen molar-refractivity contribution < 1.29 is 0 Å². The summed E-state index contributed by atoms with van der Waals surface area (Å²) >= 11 is 7.45. The molecule has 0 radical (unpaired) electrons. The molecule has 0 N–H and O–H groups in total. The zero-order chi connectivity index (χ0) is 17.9.